The maximum Gasteiger partial charge on any atom is 0.307 e. The second kappa shape index (κ2) is 5.59. The second-order valence-corrected chi connectivity index (χ2v) is 5.54. The van der Waals surface area contributed by atoms with E-state index in [4.69, 9.17) is 5.11 Å². The number of ketones is 1. The Bertz CT molecular complexity index is 427. The van der Waals surface area contributed by atoms with Gasteiger partial charge in [-0.25, -0.2) is 0 Å². The van der Waals surface area contributed by atoms with Crippen LogP contribution in [0.2, 0.25) is 0 Å². The molecule has 86 valence electrons. The third-order valence-corrected chi connectivity index (χ3v) is 3.23. The molecule has 0 amide bonds. The molecule has 0 aliphatic rings. The summed E-state index contributed by atoms with van der Waals surface area (Å²) in [5, 5.41) is 8.79. The Morgan fingerprint density at radius 3 is 2.56 bits per heavy atom. The van der Waals surface area contributed by atoms with Crippen molar-refractivity contribution in [2.75, 3.05) is 0 Å². The van der Waals surface area contributed by atoms with Gasteiger partial charge in [-0.05, 0) is 18.6 Å². The van der Waals surface area contributed by atoms with Crippen molar-refractivity contribution in [1.82, 2.24) is 0 Å². The minimum atomic E-state index is -0.955. The highest BCUT2D eigenvalue weighted by molar-refractivity contribution is 9.10. The predicted molar refractivity (Wildman–Crippen MR) is 68.2 cm³/mol. The van der Waals surface area contributed by atoms with E-state index in [2.05, 4.69) is 31.9 Å². The Kier molecular flexibility index (Phi) is 4.68. The molecule has 0 fully saturated rings. The normalized spacial score (nSPS) is 12.2. The van der Waals surface area contributed by atoms with E-state index in [1.807, 2.05) is 0 Å². The number of carbonyl (C=O) groups excluding carboxylic acids is 1. The molecule has 3 nitrogen and oxygen atoms in total. The lowest BCUT2D eigenvalue weighted by Crippen LogP contribution is -2.15. The number of Topliss-reactive ketones (excluding diaryl/α,β-unsaturated/α-hetero) is 1. The minimum absolute atomic E-state index is 0.113. The molecule has 0 saturated heterocycles. The Hall–Kier alpha value is -0.680. The summed E-state index contributed by atoms with van der Waals surface area (Å²) in [4.78, 5) is 22.2. The molecule has 1 N–H and O–H groups in total. The van der Waals surface area contributed by atoms with Gasteiger partial charge in [-0.2, -0.15) is 0 Å². The maximum atomic E-state index is 11.8. The summed E-state index contributed by atoms with van der Waals surface area (Å²) in [5.74, 6) is -1.07. The van der Waals surface area contributed by atoms with E-state index < -0.39 is 5.97 Å². The number of carboxylic acids is 1. The Morgan fingerprint density at radius 2 is 2.06 bits per heavy atom. The minimum Gasteiger partial charge on any atom is -0.481 e. The van der Waals surface area contributed by atoms with Crippen LogP contribution in [-0.4, -0.2) is 21.7 Å². The number of benzene rings is 1. The van der Waals surface area contributed by atoms with E-state index in [0.29, 0.717) is 15.6 Å². The summed E-state index contributed by atoms with van der Waals surface area (Å²) in [6.45, 7) is 1.72. The van der Waals surface area contributed by atoms with Crippen LogP contribution in [0.3, 0.4) is 0 Å². The largest absolute Gasteiger partial charge is 0.481 e. The molecule has 0 heterocycles. The van der Waals surface area contributed by atoms with Gasteiger partial charge in [-0.1, -0.05) is 44.0 Å². The van der Waals surface area contributed by atoms with Crippen molar-refractivity contribution in [2.24, 2.45) is 0 Å². The third kappa shape index (κ3) is 3.15. The zero-order valence-corrected chi connectivity index (χ0v) is 11.7. The number of aliphatic carboxylic acids is 1. The van der Waals surface area contributed by atoms with Gasteiger partial charge in [0, 0.05) is 10.0 Å². The maximum absolute atomic E-state index is 11.8. The summed E-state index contributed by atoms with van der Waals surface area (Å²) < 4.78 is 0.647. The lowest BCUT2D eigenvalue weighted by molar-refractivity contribution is -0.136. The molecule has 0 aliphatic heterocycles. The van der Waals surface area contributed by atoms with Gasteiger partial charge in [-0.15, -0.1) is 0 Å². The molecular weight excluding hydrogens is 340 g/mol. The van der Waals surface area contributed by atoms with Crippen LogP contribution < -0.4 is 0 Å². The van der Waals surface area contributed by atoms with Crippen molar-refractivity contribution in [1.29, 1.82) is 0 Å². The first-order chi connectivity index (χ1) is 7.43. The van der Waals surface area contributed by atoms with Crippen molar-refractivity contribution in [3.63, 3.8) is 0 Å². The number of rotatable bonds is 4. The lowest BCUT2D eigenvalue weighted by atomic mass is 10.00. The highest BCUT2D eigenvalue weighted by atomic mass is 79.9. The molecule has 0 bridgehead atoms. The van der Waals surface area contributed by atoms with Gasteiger partial charge in [0.15, 0.2) is 5.78 Å². The Morgan fingerprint density at radius 1 is 1.44 bits per heavy atom. The van der Waals surface area contributed by atoms with Crippen LogP contribution in [0.1, 0.15) is 22.8 Å². The van der Waals surface area contributed by atoms with E-state index in [9.17, 15) is 9.59 Å². The first-order valence-corrected chi connectivity index (χ1v) is 6.31. The fourth-order valence-electron chi connectivity index (χ4n) is 1.33. The van der Waals surface area contributed by atoms with Crippen LogP contribution >= 0.6 is 31.9 Å². The quantitative estimate of drug-likeness (QED) is 0.671. The van der Waals surface area contributed by atoms with E-state index in [-0.39, 0.29) is 17.0 Å². The number of alkyl halides is 1. The predicted octanol–water partition coefficient (Wildman–Crippen LogP) is 3.04. The van der Waals surface area contributed by atoms with Crippen molar-refractivity contribution < 1.29 is 14.7 Å². The summed E-state index contributed by atoms with van der Waals surface area (Å²) in [6.07, 6.45) is -0.164. The molecule has 16 heavy (non-hydrogen) atoms. The van der Waals surface area contributed by atoms with Gasteiger partial charge < -0.3 is 5.11 Å². The van der Waals surface area contributed by atoms with Crippen LogP contribution in [0.4, 0.5) is 0 Å². The zero-order valence-electron chi connectivity index (χ0n) is 8.54. The van der Waals surface area contributed by atoms with Crippen LogP contribution in [0.15, 0.2) is 22.7 Å². The Balaban J connectivity index is 3.22. The molecule has 5 heteroatoms. The van der Waals surface area contributed by atoms with E-state index in [1.54, 1.807) is 25.1 Å². The van der Waals surface area contributed by atoms with E-state index >= 15 is 0 Å². The first-order valence-electron chi connectivity index (χ1n) is 4.61. The van der Waals surface area contributed by atoms with Crippen molar-refractivity contribution >= 4 is 43.6 Å². The highest BCUT2D eigenvalue weighted by Gasteiger charge is 2.19. The van der Waals surface area contributed by atoms with E-state index in [1.165, 1.54) is 0 Å². The van der Waals surface area contributed by atoms with Crippen LogP contribution in [0.25, 0.3) is 0 Å². The molecule has 1 rings (SSSR count). The molecule has 0 saturated carbocycles. The summed E-state index contributed by atoms with van der Waals surface area (Å²) >= 11 is 6.45. The van der Waals surface area contributed by atoms with Gasteiger partial charge >= 0.3 is 5.97 Å². The lowest BCUT2D eigenvalue weighted by Gasteiger charge is -2.10. The number of hydrogen-bond donors (Lipinski definition) is 1. The fraction of sp³-hybridized carbons (Fsp3) is 0.273. The molecule has 0 aliphatic carbocycles. The van der Waals surface area contributed by atoms with E-state index in [0.717, 1.165) is 0 Å². The molecule has 1 aromatic rings. The molecular formula is C11H10Br2O3. The Labute approximate surface area is 110 Å². The topological polar surface area (TPSA) is 54.4 Å². The third-order valence-electron chi connectivity index (χ3n) is 2.07. The molecule has 1 atom stereocenters. The van der Waals surface area contributed by atoms with Crippen LogP contribution in [0.5, 0.6) is 0 Å². The number of carboxylic acid groups (broad SMARTS) is 1. The number of halogens is 2. The summed E-state index contributed by atoms with van der Waals surface area (Å²) in [7, 11) is 0. The average molecular weight is 350 g/mol. The summed E-state index contributed by atoms with van der Waals surface area (Å²) in [6, 6.07) is 5.09. The van der Waals surface area contributed by atoms with Crippen LogP contribution in [0, 0.1) is 0 Å². The van der Waals surface area contributed by atoms with Gasteiger partial charge in [0.2, 0.25) is 0 Å². The van der Waals surface area contributed by atoms with Gasteiger partial charge in [0.25, 0.3) is 0 Å². The number of carbonyl (C=O) groups is 2. The van der Waals surface area contributed by atoms with Crippen LogP contribution in [-0.2, 0) is 11.2 Å². The SMILES string of the molecule is CC(Br)C(=O)c1cccc(Br)c1CC(=O)O. The monoisotopic (exact) mass is 348 g/mol. The zero-order chi connectivity index (χ0) is 12.3. The fourth-order valence-corrected chi connectivity index (χ4v) is 2.09. The molecule has 0 spiro atoms. The highest BCUT2D eigenvalue weighted by Crippen LogP contribution is 2.23. The smallest absolute Gasteiger partial charge is 0.307 e. The van der Waals surface area contributed by atoms with Gasteiger partial charge in [0.1, 0.15) is 0 Å². The average Bonchev–Trinajstić information content (AvgIpc) is 2.19. The van der Waals surface area contributed by atoms with Crippen molar-refractivity contribution in [3.8, 4) is 0 Å². The van der Waals surface area contributed by atoms with Gasteiger partial charge in [0.05, 0.1) is 11.2 Å². The van der Waals surface area contributed by atoms with Gasteiger partial charge in [-0.3, -0.25) is 9.59 Å². The number of hydrogen-bond acceptors (Lipinski definition) is 2. The van der Waals surface area contributed by atoms with Crippen molar-refractivity contribution in [3.05, 3.63) is 33.8 Å². The first kappa shape index (κ1) is 13.4. The summed E-state index contributed by atoms with van der Waals surface area (Å²) in [5.41, 5.74) is 0.965. The molecule has 1 aromatic carbocycles. The molecule has 0 radical (unpaired) electrons. The standard InChI is InChI=1S/C11H10Br2O3/c1-6(12)11(16)7-3-2-4-9(13)8(7)5-10(14)15/h2-4,6H,5H2,1H3,(H,14,15). The second-order valence-electron chi connectivity index (χ2n) is 3.32. The van der Waals surface area contributed by atoms with Crippen molar-refractivity contribution in [2.45, 2.75) is 18.2 Å². The molecule has 0 aromatic heterocycles. The molecule has 1 unspecified atom stereocenters.